The van der Waals surface area contributed by atoms with Gasteiger partial charge in [-0.2, -0.15) is 0 Å². The zero-order valence-corrected chi connectivity index (χ0v) is 7.86. The first-order valence-electron chi connectivity index (χ1n) is 4.78. The summed E-state index contributed by atoms with van der Waals surface area (Å²) in [4.78, 5) is 0. The second-order valence-corrected chi connectivity index (χ2v) is 3.60. The highest BCUT2D eigenvalue weighted by molar-refractivity contribution is 5.21. The second kappa shape index (κ2) is 3.79. The molecule has 0 saturated carbocycles. The van der Waals surface area contributed by atoms with Crippen LogP contribution in [0.5, 0.6) is 5.75 Å². The summed E-state index contributed by atoms with van der Waals surface area (Å²) in [6.45, 7) is 4.25. The number of nitrogens with one attached hydrogen (secondary N) is 1. The Hall–Kier alpha value is -1.02. The number of hydrogen-bond acceptors (Lipinski definition) is 2. The maximum atomic E-state index is 5.83. The van der Waals surface area contributed by atoms with E-state index in [0.717, 1.165) is 18.8 Å². The summed E-state index contributed by atoms with van der Waals surface area (Å²) < 4.78 is 5.83. The van der Waals surface area contributed by atoms with Gasteiger partial charge >= 0.3 is 0 Å². The molecule has 1 saturated heterocycles. The lowest BCUT2D eigenvalue weighted by atomic mass is 10.1. The van der Waals surface area contributed by atoms with Crippen molar-refractivity contribution in [2.45, 2.75) is 13.0 Å². The summed E-state index contributed by atoms with van der Waals surface area (Å²) in [7, 11) is 0. The lowest BCUT2D eigenvalue weighted by Gasteiger charge is -2.16. The molecule has 1 aliphatic rings. The summed E-state index contributed by atoms with van der Waals surface area (Å²) in [5.41, 5.74) is 0. The van der Waals surface area contributed by atoms with Crippen molar-refractivity contribution in [3.05, 3.63) is 30.3 Å². The largest absolute Gasteiger partial charge is 0.489 e. The molecule has 0 aliphatic carbocycles. The van der Waals surface area contributed by atoms with Crippen molar-refractivity contribution >= 4 is 0 Å². The third-order valence-electron chi connectivity index (χ3n) is 2.48. The van der Waals surface area contributed by atoms with Gasteiger partial charge in [0.25, 0.3) is 0 Å². The number of ether oxygens (including phenoxy) is 1. The van der Waals surface area contributed by atoms with Gasteiger partial charge in [-0.15, -0.1) is 0 Å². The Balaban J connectivity index is 1.98. The van der Waals surface area contributed by atoms with E-state index in [1.807, 2.05) is 30.3 Å². The number of benzene rings is 1. The predicted molar refractivity (Wildman–Crippen MR) is 52.9 cm³/mol. The molecule has 1 heterocycles. The monoisotopic (exact) mass is 177 g/mol. The Bertz CT molecular complexity index is 260. The van der Waals surface area contributed by atoms with Crippen molar-refractivity contribution in [1.82, 2.24) is 5.32 Å². The summed E-state index contributed by atoms with van der Waals surface area (Å²) in [5, 5.41) is 3.32. The quantitative estimate of drug-likeness (QED) is 0.742. The van der Waals surface area contributed by atoms with Crippen LogP contribution >= 0.6 is 0 Å². The summed E-state index contributed by atoms with van der Waals surface area (Å²) in [6, 6.07) is 10.0. The maximum Gasteiger partial charge on any atom is 0.119 e. The number of rotatable bonds is 2. The van der Waals surface area contributed by atoms with Gasteiger partial charge in [-0.1, -0.05) is 25.1 Å². The van der Waals surface area contributed by atoms with E-state index in [4.69, 9.17) is 4.74 Å². The van der Waals surface area contributed by atoms with Gasteiger partial charge in [0.15, 0.2) is 0 Å². The molecular formula is C11H15NO. The number of hydrogen-bond donors (Lipinski definition) is 1. The highest BCUT2D eigenvalue weighted by Crippen LogP contribution is 2.17. The molecular weight excluding hydrogens is 162 g/mol. The van der Waals surface area contributed by atoms with Crippen molar-refractivity contribution in [3.63, 3.8) is 0 Å². The fourth-order valence-electron chi connectivity index (χ4n) is 1.62. The van der Waals surface area contributed by atoms with Crippen LogP contribution in [0, 0.1) is 5.92 Å². The molecule has 70 valence electrons. The average molecular weight is 177 g/mol. The molecule has 1 N–H and O–H groups in total. The Labute approximate surface area is 78.9 Å². The first-order chi connectivity index (χ1) is 6.36. The molecule has 2 rings (SSSR count). The van der Waals surface area contributed by atoms with Crippen LogP contribution in [-0.4, -0.2) is 19.2 Å². The standard InChI is InChI=1S/C11H15NO/c1-9-7-12-8-11(9)13-10-5-3-2-4-6-10/h2-6,9,11-12H,7-8H2,1H3. The molecule has 1 aromatic carbocycles. The van der Waals surface area contributed by atoms with E-state index in [0.29, 0.717) is 12.0 Å². The molecule has 0 radical (unpaired) electrons. The Morgan fingerprint density at radius 1 is 1.23 bits per heavy atom. The minimum Gasteiger partial charge on any atom is -0.489 e. The molecule has 2 heteroatoms. The first-order valence-corrected chi connectivity index (χ1v) is 4.78. The van der Waals surface area contributed by atoms with Crippen LogP contribution in [0.15, 0.2) is 30.3 Å². The molecule has 1 fully saturated rings. The van der Waals surface area contributed by atoms with E-state index < -0.39 is 0 Å². The summed E-state index contributed by atoms with van der Waals surface area (Å²) >= 11 is 0. The van der Waals surface area contributed by atoms with Crippen molar-refractivity contribution in [2.75, 3.05) is 13.1 Å². The average Bonchev–Trinajstić information content (AvgIpc) is 2.54. The summed E-state index contributed by atoms with van der Waals surface area (Å²) in [5.74, 6) is 1.59. The molecule has 1 aromatic rings. The van der Waals surface area contributed by atoms with Gasteiger partial charge in [0.2, 0.25) is 0 Å². The molecule has 2 atom stereocenters. The van der Waals surface area contributed by atoms with Gasteiger partial charge in [-0.3, -0.25) is 0 Å². The molecule has 0 spiro atoms. The third-order valence-corrected chi connectivity index (χ3v) is 2.48. The van der Waals surface area contributed by atoms with E-state index in [1.54, 1.807) is 0 Å². The van der Waals surface area contributed by atoms with Crippen LogP contribution < -0.4 is 10.1 Å². The molecule has 2 nitrogen and oxygen atoms in total. The zero-order chi connectivity index (χ0) is 9.10. The van der Waals surface area contributed by atoms with E-state index in [1.165, 1.54) is 0 Å². The van der Waals surface area contributed by atoms with E-state index >= 15 is 0 Å². The summed E-state index contributed by atoms with van der Waals surface area (Å²) in [6.07, 6.45) is 0.336. The van der Waals surface area contributed by atoms with E-state index in [9.17, 15) is 0 Å². The lowest BCUT2D eigenvalue weighted by Crippen LogP contribution is -2.23. The fraction of sp³-hybridized carbons (Fsp3) is 0.455. The SMILES string of the molecule is CC1CNCC1Oc1ccccc1. The Morgan fingerprint density at radius 2 is 2.00 bits per heavy atom. The van der Waals surface area contributed by atoms with Gasteiger partial charge in [0.1, 0.15) is 11.9 Å². The van der Waals surface area contributed by atoms with Crippen LogP contribution in [0.2, 0.25) is 0 Å². The van der Waals surface area contributed by atoms with Crippen molar-refractivity contribution in [1.29, 1.82) is 0 Å². The maximum absolute atomic E-state index is 5.83. The third kappa shape index (κ3) is 2.01. The van der Waals surface area contributed by atoms with Gasteiger partial charge < -0.3 is 10.1 Å². The van der Waals surface area contributed by atoms with Gasteiger partial charge in [-0.25, -0.2) is 0 Å². The van der Waals surface area contributed by atoms with E-state index in [-0.39, 0.29) is 0 Å². The first kappa shape index (κ1) is 8.57. The van der Waals surface area contributed by atoms with Crippen molar-refractivity contribution in [3.8, 4) is 5.75 Å². The molecule has 13 heavy (non-hydrogen) atoms. The van der Waals surface area contributed by atoms with Crippen molar-refractivity contribution in [2.24, 2.45) is 5.92 Å². The lowest BCUT2D eigenvalue weighted by molar-refractivity contribution is 0.182. The highest BCUT2D eigenvalue weighted by atomic mass is 16.5. The second-order valence-electron chi connectivity index (χ2n) is 3.60. The zero-order valence-electron chi connectivity index (χ0n) is 7.86. The fourth-order valence-corrected chi connectivity index (χ4v) is 1.62. The van der Waals surface area contributed by atoms with Crippen LogP contribution in [0.4, 0.5) is 0 Å². The van der Waals surface area contributed by atoms with Gasteiger partial charge in [0, 0.05) is 19.0 Å². The minimum atomic E-state index is 0.336. The topological polar surface area (TPSA) is 21.3 Å². The Morgan fingerprint density at radius 3 is 2.62 bits per heavy atom. The van der Waals surface area contributed by atoms with Gasteiger partial charge in [0.05, 0.1) is 0 Å². The normalized spacial score (nSPS) is 27.5. The van der Waals surface area contributed by atoms with Crippen LogP contribution in [0.1, 0.15) is 6.92 Å². The molecule has 0 amide bonds. The van der Waals surface area contributed by atoms with E-state index in [2.05, 4.69) is 12.2 Å². The van der Waals surface area contributed by atoms with Crippen LogP contribution in [0.25, 0.3) is 0 Å². The predicted octanol–water partition coefficient (Wildman–Crippen LogP) is 1.67. The molecule has 0 bridgehead atoms. The van der Waals surface area contributed by atoms with Crippen LogP contribution in [-0.2, 0) is 0 Å². The Kier molecular flexibility index (Phi) is 2.50. The number of para-hydroxylation sites is 1. The minimum absolute atomic E-state index is 0.336. The van der Waals surface area contributed by atoms with Gasteiger partial charge in [-0.05, 0) is 12.1 Å². The molecule has 0 aromatic heterocycles. The molecule has 1 aliphatic heterocycles. The smallest absolute Gasteiger partial charge is 0.119 e. The highest BCUT2D eigenvalue weighted by Gasteiger charge is 2.24. The molecule has 2 unspecified atom stereocenters. The van der Waals surface area contributed by atoms with Crippen LogP contribution in [0.3, 0.4) is 0 Å². The van der Waals surface area contributed by atoms with Crippen molar-refractivity contribution < 1.29 is 4.74 Å².